The SMILES string of the molecule is O=C(C[N+]12CCC(CC1)[C@@H](OC(=O)N(Cc1ccc(F)cc1)c1ccccc1F)C2)Nc1ccccc1.[Br-]. The van der Waals surface area contributed by atoms with E-state index in [1.54, 1.807) is 24.3 Å². The molecule has 3 heterocycles. The van der Waals surface area contributed by atoms with Crippen LogP contribution in [0.2, 0.25) is 0 Å². The Morgan fingerprint density at radius 1 is 0.921 bits per heavy atom. The maximum atomic E-state index is 14.7. The van der Waals surface area contributed by atoms with Gasteiger partial charge >= 0.3 is 6.09 Å². The van der Waals surface area contributed by atoms with Crippen molar-refractivity contribution in [2.75, 3.05) is 36.4 Å². The molecule has 0 aromatic heterocycles. The van der Waals surface area contributed by atoms with Gasteiger partial charge in [0.25, 0.3) is 5.91 Å². The van der Waals surface area contributed by atoms with E-state index < -0.39 is 11.9 Å². The second-order valence-corrected chi connectivity index (χ2v) is 9.97. The van der Waals surface area contributed by atoms with Crippen molar-refractivity contribution in [1.29, 1.82) is 0 Å². The summed E-state index contributed by atoms with van der Waals surface area (Å²) < 4.78 is 34.7. The third kappa shape index (κ3) is 6.39. The van der Waals surface area contributed by atoms with E-state index in [0.717, 1.165) is 31.6 Å². The highest BCUT2D eigenvalue weighted by atomic mass is 79.9. The number of carbonyl (C=O) groups is 2. The van der Waals surface area contributed by atoms with E-state index in [0.29, 0.717) is 23.1 Å². The van der Waals surface area contributed by atoms with Crippen LogP contribution >= 0.6 is 0 Å². The standard InChI is InChI=1S/C29H29F2N3O3.BrH/c30-23-12-10-21(11-13-23)18-33(26-9-5-4-8-25(26)31)29(36)37-27-19-34(16-14-22(27)15-17-34)20-28(35)32-24-6-2-1-3-7-24;/h1-13,22,27H,14-20H2;1H/t22?,27-,34?;/m0./s1. The topological polar surface area (TPSA) is 58.6 Å². The van der Waals surface area contributed by atoms with Gasteiger partial charge in [0.05, 0.1) is 25.3 Å². The van der Waals surface area contributed by atoms with Crippen LogP contribution in [-0.2, 0) is 16.1 Å². The number of hydrogen-bond donors (Lipinski definition) is 1. The number of anilines is 2. The van der Waals surface area contributed by atoms with Gasteiger partial charge in [-0.25, -0.2) is 13.6 Å². The van der Waals surface area contributed by atoms with Crippen LogP contribution in [0, 0.1) is 17.6 Å². The number of quaternary nitrogens is 1. The van der Waals surface area contributed by atoms with E-state index in [-0.39, 0.29) is 53.0 Å². The number of nitrogens with zero attached hydrogens (tertiary/aromatic N) is 2. The minimum Gasteiger partial charge on any atom is -1.00 e. The van der Waals surface area contributed by atoms with Gasteiger partial charge in [-0.2, -0.15) is 0 Å². The summed E-state index contributed by atoms with van der Waals surface area (Å²) in [7, 11) is 0. The molecule has 1 N–H and O–H groups in total. The summed E-state index contributed by atoms with van der Waals surface area (Å²) in [4.78, 5) is 27.6. The first kappa shape index (κ1) is 27.7. The molecule has 0 radical (unpaired) electrons. The van der Waals surface area contributed by atoms with Crippen LogP contribution in [-0.4, -0.2) is 48.8 Å². The quantitative estimate of drug-likeness (QED) is 0.433. The Morgan fingerprint density at radius 2 is 1.58 bits per heavy atom. The molecule has 0 unspecified atom stereocenters. The molecule has 0 saturated carbocycles. The molecule has 200 valence electrons. The van der Waals surface area contributed by atoms with E-state index in [1.807, 2.05) is 30.3 Å². The number of carbonyl (C=O) groups excluding carboxylic acids is 2. The average molecular weight is 586 g/mol. The monoisotopic (exact) mass is 585 g/mol. The van der Waals surface area contributed by atoms with Crippen molar-refractivity contribution >= 4 is 23.4 Å². The molecule has 3 saturated heterocycles. The summed E-state index contributed by atoms with van der Waals surface area (Å²) in [6.45, 7) is 2.60. The zero-order valence-electron chi connectivity index (χ0n) is 20.9. The second kappa shape index (κ2) is 12.0. The Labute approximate surface area is 231 Å². The summed E-state index contributed by atoms with van der Waals surface area (Å²) in [6, 6.07) is 21.1. The van der Waals surface area contributed by atoms with Gasteiger partial charge in [-0.05, 0) is 42.0 Å². The number of rotatable bonds is 7. The third-order valence-corrected chi connectivity index (χ3v) is 7.45. The van der Waals surface area contributed by atoms with E-state index in [9.17, 15) is 18.4 Å². The van der Waals surface area contributed by atoms with Gasteiger partial charge in [-0.3, -0.25) is 9.69 Å². The first-order valence-electron chi connectivity index (χ1n) is 12.6. The highest BCUT2D eigenvalue weighted by molar-refractivity contribution is 5.91. The maximum Gasteiger partial charge on any atom is 0.415 e. The predicted octanol–water partition coefficient (Wildman–Crippen LogP) is 2.36. The zero-order chi connectivity index (χ0) is 25.8. The lowest BCUT2D eigenvalue weighted by Gasteiger charge is -2.51. The van der Waals surface area contributed by atoms with Crippen LogP contribution in [0.3, 0.4) is 0 Å². The smallest absolute Gasteiger partial charge is 0.415 e. The molecule has 0 aliphatic carbocycles. The van der Waals surface area contributed by atoms with Crippen molar-refractivity contribution in [3.63, 3.8) is 0 Å². The van der Waals surface area contributed by atoms with Gasteiger partial charge in [-0.1, -0.05) is 42.5 Å². The van der Waals surface area contributed by atoms with Crippen LogP contribution in [0.4, 0.5) is 25.0 Å². The van der Waals surface area contributed by atoms with Gasteiger partial charge in [0, 0.05) is 24.4 Å². The third-order valence-electron chi connectivity index (χ3n) is 7.45. The summed E-state index contributed by atoms with van der Waals surface area (Å²) in [5.74, 6) is -0.798. The van der Waals surface area contributed by atoms with Gasteiger partial charge in [0.2, 0.25) is 0 Å². The van der Waals surface area contributed by atoms with E-state index in [1.165, 1.54) is 29.2 Å². The number of benzene rings is 3. The number of para-hydroxylation sites is 2. The fourth-order valence-electron chi connectivity index (χ4n) is 5.49. The van der Waals surface area contributed by atoms with Gasteiger partial charge in [0.1, 0.15) is 18.2 Å². The number of halogens is 3. The molecule has 0 spiro atoms. The van der Waals surface area contributed by atoms with E-state index >= 15 is 0 Å². The van der Waals surface area contributed by atoms with Crippen LogP contribution in [0.1, 0.15) is 18.4 Å². The summed E-state index contributed by atoms with van der Waals surface area (Å²) in [5.41, 5.74) is 1.50. The van der Waals surface area contributed by atoms with Crippen molar-refractivity contribution in [2.45, 2.75) is 25.5 Å². The van der Waals surface area contributed by atoms with Gasteiger partial charge < -0.3 is 31.5 Å². The summed E-state index contributed by atoms with van der Waals surface area (Å²) in [6.07, 6.45) is 0.685. The fourth-order valence-corrected chi connectivity index (χ4v) is 5.49. The number of nitrogens with one attached hydrogen (secondary N) is 1. The molecule has 3 aliphatic rings. The van der Waals surface area contributed by atoms with Gasteiger partial charge in [0.15, 0.2) is 12.6 Å². The van der Waals surface area contributed by atoms with Crippen molar-refractivity contribution in [3.8, 4) is 0 Å². The van der Waals surface area contributed by atoms with Crippen LogP contribution in [0.15, 0.2) is 78.9 Å². The second-order valence-electron chi connectivity index (χ2n) is 9.97. The number of fused-ring (bicyclic) bond motifs is 3. The molecule has 6 nitrogen and oxygen atoms in total. The average Bonchev–Trinajstić information content (AvgIpc) is 2.90. The Morgan fingerprint density at radius 3 is 2.26 bits per heavy atom. The number of ether oxygens (including phenoxy) is 1. The number of hydrogen-bond acceptors (Lipinski definition) is 3. The number of amides is 2. The zero-order valence-corrected chi connectivity index (χ0v) is 22.4. The molecule has 2 bridgehead atoms. The lowest BCUT2D eigenvalue weighted by Crippen LogP contribution is -3.00. The normalized spacial score (nSPS) is 21.7. The van der Waals surface area contributed by atoms with Crippen LogP contribution in [0.25, 0.3) is 0 Å². The molecule has 3 aromatic rings. The first-order chi connectivity index (χ1) is 17.9. The highest BCUT2D eigenvalue weighted by Gasteiger charge is 2.49. The Balaban J connectivity index is 0.00000336. The predicted molar refractivity (Wildman–Crippen MR) is 137 cm³/mol. The van der Waals surface area contributed by atoms with Crippen LogP contribution in [0.5, 0.6) is 0 Å². The molecular formula is C29H30BrF2N3O3. The molecule has 1 atom stereocenters. The molecular weight excluding hydrogens is 556 g/mol. The van der Waals surface area contributed by atoms with Crippen molar-refractivity contribution in [3.05, 3.63) is 96.1 Å². The summed E-state index contributed by atoms with van der Waals surface area (Å²) >= 11 is 0. The molecule has 3 aromatic carbocycles. The molecule has 38 heavy (non-hydrogen) atoms. The molecule has 6 rings (SSSR count). The Bertz CT molecular complexity index is 1250. The van der Waals surface area contributed by atoms with E-state index in [4.69, 9.17) is 4.74 Å². The minimum absolute atomic E-state index is 0. The summed E-state index contributed by atoms with van der Waals surface area (Å²) in [5, 5.41) is 2.96. The van der Waals surface area contributed by atoms with Crippen LogP contribution < -0.4 is 27.2 Å². The lowest BCUT2D eigenvalue weighted by molar-refractivity contribution is -0.938. The first-order valence-corrected chi connectivity index (χ1v) is 12.6. The maximum absolute atomic E-state index is 14.7. The number of piperidine rings is 3. The Kier molecular flexibility index (Phi) is 8.79. The lowest BCUT2D eigenvalue weighted by atomic mass is 9.83. The van der Waals surface area contributed by atoms with Crippen molar-refractivity contribution in [1.82, 2.24) is 0 Å². The Hall–Kier alpha value is -3.30. The largest absolute Gasteiger partial charge is 1.00 e. The van der Waals surface area contributed by atoms with E-state index in [2.05, 4.69) is 5.32 Å². The molecule has 2 amide bonds. The fraction of sp³-hybridized carbons (Fsp3) is 0.310. The van der Waals surface area contributed by atoms with Crippen molar-refractivity contribution in [2.24, 2.45) is 5.92 Å². The molecule has 3 aliphatic heterocycles. The van der Waals surface area contributed by atoms with Gasteiger partial charge in [-0.15, -0.1) is 0 Å². The molecule has 9 heteroatoms. The van der Waals surface area contributed by atoms with Crippen molar-refractivity contribution < 1.29 is 44.6 Å². The minimum atomic E-state index is -0.653. The highest BCUT2D eigenvalue weighted by Crippen LogP contribution is 2.36. The molecule has 3 fully saturated rings.